The van der Waals surface area contributed by atoms with Crippen LogP contribution in [0.1, 0.15) is 55.3 Å². The van der Waals surface area contributed by atoms with Gasteiger partial charge in [-0.1, -0.05) is 0 Å². The van der Waals surface area contributed by atoms with Crippen molar-refractivity contribution in [3.05, 3.63) is 23.9 Å². The second kappa shape index (κ2) is 8.36. The molecule has 0 bridgehead atoms. The summed E-state index contributed by atoms with van der Waals surface area (Å²) in [4.78, 5) is 42.2. The van der Waals surface area contributed by atoms with Gasteiger partial charge in [0.25, 0.3) is 11.8 Å². The van der Waals surface area contributed by atoms with Gasteiger partial charge in [0.2, 0.25) is 5.88 Å². The number of amides is 4. The highest BCUT2D eigenvalue weighted by molar-refractivity contribution is 6.04. The molecule has 9 heteroatoms. The Hall–Kier alpha value is -2.68. The van der Waals surface area contributed by atoms with Crippen LogP contribution in [0.4, 0.5) is 4.79 Å². The summed E-state index contributed by atoms with van der Waals surface area (Å²) in [5.74, 6) is -0.510. The highest BCUT2D eigenvalue weighted by atomic mass is 16.5. The van der Waals surface area contributed by atoms with Crippen LogP contribution in [0.25, 0.3) is 0 Å². The number of aromatic nitrogens is 1. The summed E-state index contributed by atoms with van der Waals surface area (Å²) < 4.78 is 11.5. The quantitative estimate of drug-likeness (QED) is 0.693. The molecule has 1 aromatic heterocycles. The number of primary amides is 1. The fourth-order valence-corrected chi connectivity index (χ4v) is 4.40. The fraction of sp³-hybridized carbons (Fsp3) is 0.600. The number of nitrogens with zero attached hydrogens (tertiary/aromatic N) is 2. The Morgan fingerprint density at radius 3 is 2.76 bits per heavy atom. The Morgan fingerprint density at radius 1 is 1.28 bits per heavy atom. The van der Waals surface area contributed by atoms with E-state index < -0.39 is 11.9 Å². The van der Waals surface area contributed by atoms with Crippen molar-refractivity contribution in [2.24, 2.45) is 5.73 Å². The zero-order valence-electron chi connectivity index (χ0n) is 16.2. The molecule has 4 rings (SSSR count). The van der Waals surface area contributed by atoms with E-state index in [9.17, 15) is 14.4 Å². The van der Waals surface area contributed by atoms with Gasteiger partial charge in [0.15, 0.2) is 0 Å². The van der Waals surface area contributed by atoms with Crippen molar-refractivity contribution in [1.29, 1.82) is 0 Å². The third kappa shape index (κ3) is 4.19. The summed E-state index contributed by atoms with van der Waals surface area (Å²) in [6, 6.07) is 2.26. The van der Waals surface area contributed by atoms with Crippen LogP contribution < -0.4 is 15.8 Å². The molecule has 9 nitrogen and oxygen atoms in total. The molecular weight excluding hydrogens is 376 g/mol. The van der Waals surface area contributed by atoms with Crippen molar-refractivity contribution in [2.75, 3.05) is 6.61 Å². The molecule has 1 aromatic rings. The van der Waals surface area contributed by atoms with Gasteiger partial charge in [-0.2, -0.15) is 0 Å². The van der Waals surface area contributed by atoms with E-state index in [1.54, 1.807) is 18.3 Å². The van der Waals surface area contributed by atoms with Crippen LogP contribution in [0, 0.1) is 0 Å². The Labute approximate surface area is 168 Å². The number of pyridine rings is 1. The molecule has 2 saturated heterocycles. The lowest BCUT2D eigenvalue weighted by molar-refractivity contribution is -0.130. The van der Waals surface area contributed by atoms with Crippen LogP contribution in [-0.2, 0) is 9.53 Å². The number of carbonyl (C=O) groups is 3. The fourth-order valence-electron chi connectivity index (χ4n) is 4.40. The van der Waals surface area contributed by atoms with Crippen molar-refractivity contribution in [3.63, 3.8) is 0 Å². The van der Waals surface area contributed by atoms with E-state index in [2.05, 4.69) is 10.3 Å². The Balaban J connectivity index is 1.33. The summed E-state index contributed by atoms with van der Waals surface area (Å²) in [6.45, 7) is 0.723. The number of nitrogens with one attached hydrogen (secondary N) is 1. The SMILES string of the molecule is NC(=O)c1cccnc1O[C@H]1CC[C@H](N2C(=O)NC(CC3CCCO3)C2=O)CC1. The number of imide groups is 1. The second-order valence-electron chi connectivity index (χ2n) is 7.85. The van der Waals surface area contributed by atoms with E-state index in [0.29, 0.717) is 32.1 Å². The summed E-state index contributed by atoms with van der Waals surface area (Å²) in [5.41, 5.74) is 5.62. The lowest BCUT2D eigenvalue weighted by Crippen LogP contribution is -2.44. The van der Waals surface area contributed by atoms with Crippen LogP contribution in [0.5, 0.6) is 5.88 Å². The maximum atomic E-state index is 12.8. The standard InChI is InChI=1S/C20H26N4O5/c21-17(25)15-4-1-9-22-18(15)29-13-7-5-12(6-8-13)24-19(26)16(23-20(24)27)11-14-3-2-10-28-14/h1,4,9,12-14,16H,2-3,5-8,10-11H2,(H2,21,25)(H,23,27)/t12-,13-,14?,16?. The number of rotatable bonds is 6. The molecule has 2 atom stereocenters. The molecule has 0 spiro atoms. The van der Waals surface area contributed by atoms with Gasteiger partial charge in [-0.3, -0.25) is 14.5 Å². The maximum Gasteiger partial charge on any atom is 0.325 e. The molecule has 3 N–H and O–H groups in total. The molecule has 1 saturated carbocycles. The van der Waals surface area contributed by atoms with Gasteiger partial charge < -0.3 is 20.5 Å². The van der Waals surface area contributed by atoms with Crippen molar-refractivity contribution in [1.82, 2.24) is 15.2 Å². The van der Waals surface area contributed by atoms with Gasteiger partial charge in [0.1, 0.15) is 17.7 Å². The van der Waals surface area contributed by atoms with Crippen molar-refractivity contribution in [3.8, 4) is 5.88 Å². The number of hydrogen-bond donors (Lipinski definition) is 2. The van der Waals surface area contributed by atoms with E-state index in [1.165, 1.54) is 4.90 Å². The highest BCUT2D eigenvalue weighted by Gasteiger charge is 2.44. The first-order valence-electron chi connectivity index (χ1n) is 10.2. The molecule has 3 fully saturated rings. The predicted octanol–water partition coefficient (Wildman–Crippen LogP) is 1.36. The van der Waals surface area contributed by atoms with E-state index in [4.69, 9.17) is 15.2 Å². The minimum atomic E-state index is -0.585. The molecule has 2 unspecified atom stereocenters. The monoisotopic (exact) mass is 402 g/mol. The van der Waals surface area contributed by atoms with Crippen molar-refractivity contribution in [2.45, 2.75) is 69.2 Å². The lowest BCUT2D eigenvalue weighted by Gasteiger charge is -2.33. The lowest BCUT2D eigenvalue weighted by atomic mass is 9.91. The van der Waals surface area contributed by atoms with E-state index in [0.717, 1.165) is 19.4 Å². The van der Waals surface area contributed by atoms with Crippen molar-refractivity contribution < 1.29 is 23.9 Å². The molecular formula is C20H26N4O5. The predicted molar refractivity (Wildman–Crippen MR) is 102 cm³/mol. The summed E-state index contributed by atoms with van der Waals surface area (Å²) >= 11 is 0. The largest absolute Gasteiger partial charge is 0.474 e. The van der Waals surface area contributed by atoms with E-state index in [1.807, 2.05) is 0 Å². The Morgan fingerprint density at radius 2 is 2.07 bits per heavy atom. The molecule has 156 valence electrons. The number of ether oxygens (including phenoxy) is 2. The number of hydrogen-bond acceptors (Lipinski definition) is 6. The number of urea groups is 1. The molecule has 0 radical (unpaired) electrons. The third-order valence-electron chi connectivity index (χ3n) is 5.90. The minimum absolute atomic E-state index is 0.0474. The molecule has 4 amide bonds. The summed E-state index contributed by atoms with van der Waals surface area (Å²) in [5, 5.41) is 2.81. The van der Waals surface area contributed by atoms with Gasteiger partial charge in [0, 0.05) is 25.3 Å². The first kappa shape index (κ1) is 19.6. The van der Waals surface area contributed by atoms with Crippen LogP contribution in [0.15, 0.2) is 18.3 Å². The molecule has 2 aliphatic heterocycles. The van der Waals surface area contributed by atoms with Gasteiger partial charge in [-0.15, -0.1) is 0 Å². The van der Waals surface area contributed by atoms with E-state index >= 15 is 0 Å². The molecule has 29 heavy (non-hydrogen) atoms. The van der Waals surface area contributed by atoms with E-state index in [-0.39, 0.29) is 41.6 Å². The highest BCUT2D eigenvalue weighted by Crippen LogP contribution is 2.30. The molecule has 0 aromatic carbocycles. The molecule has 3 heterocycles. The van der Waals surface area contributed by atoms with Crippen LogP contribution in [-0.4, -0.2) is 58.6 Å². The Bertz CT molecular complexity index is 787. The Kier molecular flexibility index (Phi) is 5.66. The molecule has 1 aliphatic carbocycles. The number of nitrogens with two attached hydrogens (primary N) is 1. The minimum Gasteiger partial charge on any atom is -0.474 e. The van der Waals surface area contributed by atoms with Crippen LogP contribution >= 0.6 is 0 Å². The zero-order valence-corrected chi connectivity index (χ0v) is 16.2. The van der Waals surface area contributed by atoms with Crippen LogP contribution in [0.3, 0.4) is 0 Å². The average Bonchev–Trinajstić information content (AvgIpc) is 3.31. The third-order valence-corrected chi connectivity index (χ3v) is 5.90. The summed E-state index contributed by atoms with van der Waals surface area (Å²) in [6.07, 6.45) is 6.55. The van der Waals surface area contributed by atoms with Gasteiger partial charge in [-0.25, -0.2) is 9.78 Å². The normalized spacial score (nSPS) is 29.7. The topological polar surface area (TPSA) is 124 Å². The first-order valence-corrected chi connectivity index (χ1v) is 10.2. The smallest absolute Gasteiger partial charge is 0.325 e. The molecule has 3 aliphatic rings. The van der Waals surface area contributed by atoms with Gasteiger partial charge in [-0.05, 0) is 50.7 Å². The zero-order chi connectivity index (χ0) is 20.4. The van der Waals surface area contributed by atoms with Gasteiger partial charge in [0.05, 0.1) is 6.10 Å². The van der Waals surface area contributed by atoms with Crippen molar-refractivity contribution >= 4 is 17.8 Å². The van der Waals surface area contributed by atoms with Gasteiger partial charge >= 0.3 is 6.03 Å². The van der Waals surface area contributed by atoms with Crippen LogP contribution in [0.2, 0.25) is 0 Å². The second-order valence-corrected chi connectivity index (χ2v) is 7.85. The summed E-state index contributed by atoms with van der Waals surface area (Å²) in [7, 11) is 0. The maximum absolute atomic E-state index is 12.8. The average molecular weight is 402 g/mol. The number of carbonyl (C=O) groups excluding carboxylic acids is 3. The first-order chi connectivity index (χ1) is 14.0.